The Balaban J connectivity index is 2.02. The Bertz CT molecular complexity index is 877. The van der Waals surface area contributed by atoms with Crippen molar-refractivity contribution < 1.29 is 0 Å². The number of nitrogens with one attached hydrogen (secondary N) is 1. The predicted molar refractivity (Wildman–Crippen MR) is 84.0 cm³/mol. The second kappa shape index (κ2) is 5.65. The summed E-state index contributed by atoms with van der Waals surface area (Å²) >= 11 is 1.17. The molecule has 3 rings (SSSR count). The van der Waals surface area contributed by atoms with E-state index in [0.717, 1.165) is 11.3 Å². The molecule has 3 aromatic rings. The van der Waals surface area contributed by atoms with Crippen LogP contribution in [0.2, 0.25) is 0 Å². The number of H-pyrrole nitrogens is 1. The standard InChI is InChI=1S/C15H15N3O2S/c1-2-11-12-13(21-17-11)16-15(20)18(14(12)19)9-8-10-6-4-3-5-7-10/h3-7H,2,8-9H2,1H3,(H,16,20). The van der Waals surface area contributed by atoms with Gasteiger partial charge < -0.3 is 0 Å². The Labute approximate surface area is 125 Å². The molecule has 0 radical (unpaired) electrons. The van der Waals surface area contributed by atoms with Crippen molar-refractivity contribution in [2.45, 2.75) is 26.3 Å². The highest BCUT2D eigenvalue weighted by Gasteiger charge is 2.13. The summed E-state index contributed by atoms with van der Waals surface area (Å²) in [7, 11) is 0. The number of benzene rings is 1. The van der Waals surface area contributed by atoms with Gasteiger partial charge in [0.05, 0.1) is 11.1 Å². The fourth-order valence-corrected chi connectivity index (χ4v) is 3.20. The number of hydrogen-bond donors (Lipinski definition) is 1. The van der Waals surface area contributed by atoms with Crippen LogP contribution in [0.3, 0.4) is 0 Å². The number of aromatic amines is 1. The topological polar surface area (TPSA) is 67.8 Å². The van der Waals surface area contributed by atoms with Gasteiger partial charge in [0.15, 0.2) is 0 Å². The summed E-state index contributed by atoms with van der Waals surface area (Å²) in [5.74, 6) is 0. The molecule has 0 amide bonds. The molecule has 108 valence electrons. The number of rotatable bonds is 4. The zero-order valence-electron chi connectivity index (χ0n) is 11.6. The van der Waals surface area contributed by atoms with E-state index in [9.17, 15) is 9.59 Å². The van der Waals surface area contributed by atoms with Crippen LogP contribution < -0.4 is 11.2 Å². The van der Waals surface area contributed by atoms with E-state index in [1.54, 1.807) is 0 Å². The van der Waals surface area contributed by atoms with Crippen molar-refractivity contribution in [3.05, 3.63) is 62.4 Å². The summed E-state index contributed by atoms with van der Waals surface area (Å²) in [6.45, 7) is 2.32. The number of hydrogen-bond acceptors (Lipinski definition) is 4. The summed E-state index contributed by atoms with van der Waals surface area (Å²) in [6.07, 6.45) is 1.33. The van der Waals surface area contributed by atoms with Crippen LogP contribution in [0.5, 0.6) is 0 Å². The third-order valence-corrected chi connectivity index (χ3v) is 4.29. The van der Waals surface area contributed by atoms with Gasteiger partial charge in [-0.05, 0) is 29.9 Å². The van der Waals surface area contributed by atoms with E-state index in [4.69, 9.17) is 0 Å². The summed E-state index contributed by atoms with van der Waals surface area (Å²) in [5, 5.41) is 0.551. The minimum Gasteiger partial charge on any atom is -0.297 e. The first kappa shape index (κ1) is 13.8. The van der Waals surface area contributed by atoms with Crippen molar-refractivity contribution in [2.24, 2.45) is 0 Å². The van der Waals surface area contributed by atoms with Gasteiger partial charge in [-0.15, -0.1) is 0 Å². The molecule has 2 aromatic heterocycles. The fraction of sp³-hybridized carbons (Fsp3) is 0.267. The highest BCUT2D eigenvalue weighted by Crippen LogP contribution is 2.15. The van der Waals surface area contributed by atoms with Gasteiger partial charge in [0, 0.05) is 6.54 Å². The maximum atomic E-state index is 12.5. The smallest absolute Gasteiger partial charge is 0.297 e. The molecule has 0 aliphatic heterocycles. The zero-order chi connectivity index (χ0) is 14.8. The first-order valence-corrected chi connectivity index (χ1v) is 7.63. The minimum atomic E-state index is -0.366. The third-order valence-electron chi connectivity index (χ3n) is 3.49. The van der Waals surface area contributed by atoms with Crippen LogP contribution in [-0.4, -0.2) is 13.9 Å². The number of aromatic nitrogens is 3. The Kier molecular flexibility index (Phi) is 3.70. The number of nitrogens with zero attached hydrogens (tertiary/aromatic N) is 2. The molecule has 0 unspecified atom stereocenters. The molecule has 0 atom stereocenters. The van der Waals surface area contributed by atoms with Gasteiger partial charge in [0.2, 0.25) is 0 Å². The molecule has 0 spiro atoms. The van der Waals surface area contributed by atoms with Crippen LogP contribution in [0.4, 0.5) is 0 Å². The lowest BCUT2D eigenvalue weighted by Gasteiger charge is -2.05. The van der Waals surface area contributed by atoms with Gasteiger partial charge in [0.1, 0.15) is 4.83 Å². The zero-order valence-corrected chi connectivity index (χ0v) is 12.4. The van der Waals surface area contributed by atoms with Crippen molar-refractivity contribution in [3.63, 3.8) is 0 Å². The SMILES string of the molecule is CCc1nsc2[nH]c(=O)n(CCc3ccccc3)c(=O)c12. The van der Waals surface area contributed by atoms with E-state index in [0.29, 0.717) is 29.6 Å². The maximum Gasteiger partial charge on any atom is 0.329 e. The largest absolute Gasteiger partial charge is 0.329 e. The summed E-state index contributed by atoms with van der Waals surface area (Å²) in [4.78, 5) is 27.9. The van der Waals surface area contributed by atoms with E-state index in [1.165, 1.54) is 16.1 Å². The van der Waals surface area contributed by atoms with Crippen LogP contribution in [0, 0.1) is 0 Å². The van der Waals surface area contributed by atoms with Crippen molar-refractivity contribution >= 4 is 21.7 Å². The highest BCUT2D eigenvalue weighted by molar-refractivity contribution is 7.12. The first-order valence-electron chi connectivity index (χ1n) is 6.86. The molecule has 0 saturated heterocycles. The molecule has 2 heterocycles. The van der Waals surface area contributed by atoms with Crippen molar-refractivity contribution in [3.8, 4) is 0 Å². The lowest BCUT2D eigenvalue weighted by atomic mass is 10.1. The maximum absolute atomic E-state index is 12.5. The monoisotopic (exact) mass is 301 g/mol. The molecule has 1 aromatic carbocycles. The van der Waals surface area contributed by atoms with Crippen molar-refractivity contribution in [1.82, 2.24) is 13.9 Å². The van der Waals surface area contributed by atoms with Gasteiger partial charge in [-0.2, -0.15) is 4.37 Å². The van der Waals surface area contributed by atoms with Crippen LogP contribution in [0.1, 0.15) is 18.2 Å². The molecule has 0 aliphatic rings. The minimum absolute atomic E-state index is 0.240. The molecular weight excluding hydrogens is 286 g/mol. The molecule has 5 nitrogen and oxygen atoms in total. The molecule has 0 bridgehead atoms. The molecule has 0 saturated carbocycles. The third kappa shape index (κ3) is 2.54. The quantitative estimate of drug-likeness (QED) is 0.801. The first-order chi connectivity index (χ1) is 10.2. The van der Waals surface area contributed by atoms with E-state index >= 15 is 0 Å². The lowest BCUT2D eigenvalue weighted by Crippen LogP contribution is -2.35. The molecule has 0 aliphatic carbocycles. The van der Waals surface area contributed by atoms with Crippen LogP contribution in [0.15, 0.2) is 39.9 Å². The summed E-state index contributed by atoms with van der Waals surface area (Å²) in [6, 6.07) is 9.81. The van der Waals surface area contributed by atoms with E-state index < -0.39 is 0 Å². The Morgan fingerprint density at radius 3 is 2.71 bits per heavy atom. The van der Waals surface area contributed by atoms with Gasteiger partial charge in [-0.25, -0.2) is 4.79 Å². The Morgan fingerprint density at radius 2 is 2.00 bits per heavy atom. The Hall–Kier alpha value is -2.21. The average Bonchev–Trinajstić information content (AvgIpc) is 2.91. The average molecular weight is 301 g/mol. The summed E-state index contributed by atoms with van der Waals surface area (Å²) < 4.78 is 5.50. The normalized spacial score (nSPS) is 11.1. The van der Waals surface area contributed by atoms with E-state index in [-0.39, 0.29) is 11.2 Å². The molecule has 1 N–H and O–H groups in total. The summed E-state index contributed by atoms with van der Waals surface area (Å²) in [5.41, 5.74) is 1.25. The number of fused-ring (bicyclic) bond motifs is 1. The van der Waals surface area contributed by atoms with E-state index in [2.05, 4.69) is 9.36 Å². The van der Waals surface area contributed by atoms with Gasteiger partial charge in [0.25, 0.3) is 5.56 Å². The second-order valence-corrected chi connectivity index (χ2v) is 5.58. The molecule has 6 heteroatoms. The Morgan fingerprint density at radius 1 is 1.24 bits per heavy atom. The lowest BCUT2D eigenvalue weighted by molar-refractivity contribution is 0.636. The van der Waals surface area contributed by atoms with Crippen LogP contribution in [-0.2, 0) is 19.4 Å². The molecular formula is C15H15N3O2S. The van der Waals surface area contributed by atoms with Crippen LogP contribution in [0.25, 0.3) is 10.2 Å². The van der Waals surface area contributed by atoms with Crippen molar-refractivity contribution in [2.75, 3.05) is 0 Å². The number of aryl methyl sites for hydroxylation is 2. The molecule has 0 fully saturated rings. The van der Waals surface area contributed by atoms with Gasteiger partial charge in [-0.1, -0.05) is 37.3 Å². The highest BCUT2D eigenvalue weighted by atomic mass is 32.1. The fourth-order valence-electron chi connectivity index (χ4n) is 2.35. The van der Waals surface area contributed by atoms with Gasteiger partial charge >= 0.3 is 5.69 Å². The second-order valence-electron chi connectivity index (χ2n) is 4.81. The van der Waals surface area contributed by atoms with Crippen molar-refractivity contribution in [1.29, 1.82) is 0 Å². The van der Waals surface area contributed by atoms with E-state index in [1.807, 2.05) is 37.3 Å². The molecule has 21 heavy (non-hydrogen) atoms. The van der Waals surface area contributed by atoms with Gasteiger partial charge in [-0.3, -0.25) is 14.3 Å². The predicted octanol–water partition coefficient (Wildman–Crippen LogP) is 1.95. The van der Waals surface area contributed by atoms with Crippen LogP contribution >= 0.6 is 11.5 Å².